The van der Waals surface area contributed by atoms with E-state index in [4.69, 9.17) is 18.8 Å². The zero-order valence-electron chi connectivity index (χ0n) is 15.9. The quantitative estimate of drug-likeness (QED) is 0.632. The van der Waals surface area contributed by atoms with Crippen LogP contribution in [0.25, 0.3) is 11.3 Å². The van der Waals surface area contributed by atoms with Crippen LogP contribution in [0.3, 0.4) is 0 Å². The normalized spacial score (nSPS) is 10.4. The lowest BCUT2D eigenvalue weighted by Gasteiger charge is -2.11. The van der Waals surface area contributed by atoms with E-state index < -0.39 is 0 Å². The first-order valence-electron chi connectivity index (χ1n) is 8.76. The van der Waals surface area contributed by atoms with Gasteiger partial charge < -0.3 is 19.5 Å². The first kappa shape index (κ1) is 19.2. The van der Waals surface area contributed by atoms with Gasteiger partial charge in [-0.1, -0.05) is 19.1 Å². The number of aromatic nitrogens is 2. The van der Waals surface area contributed by atoms with Crippen molar-refractivity contribution < 1.29 is 23.6 Å². The Balaban J connectivity index is 1.86. The van der Waals surface area contributed by atoms with Crippen LogP contribution in [0.2, 0.25) is 0 Å². The molecule has 0 spiro atoms. The van der Waals surface area contributed by atoms with Crippen LogP contribution in [-0.2, 0) is 0 Å². The molecule has 0 unspecified atom stereocenters. The molecular formula is C20H21N3O5. The van der Waals surface area contributed by atoms with Gasteiger partial charge in [0, 0.05) is 5.56 Å². The third-order valence-corrected chi connectivity index (χ3v) is 3.97. The van der Waals surface area contributed by atoms with E-state index in [-0.39, 0.29) is 11.7 Å². The van der Waals surface area contributed by atoms with E-state index in [2.05, 4.69) is 15.6 Å². The van der Waals surface area contributed by atoms with Gasteiger partial charge in [-0.15, -0.1) is 0 Å². The third-order valence-electron chi connectivity index (χ3n) is 3.97. The number of benzene rings is 2. The summed E-state index contributed by atoms with van der Waals surface area (Å²) in [6.07, 6.45) is 0.840. The van der Waals surface area contributed by atoms with Crippen LogP contribution in [0.1, 0.15) is 23.7 Å². The summed E-state index contributed by atoms with van der Waals surface area (Å²) in [6, 6.07) is 12.3. The van der Waals surface area contributed by atoms with Crippen molar-refractivity contribution in [3.8, 4) is 28.5 Å². The molecule has 0 atom stereocenters. The Hall–Kier alpha value is -3.55. The van der Waals surface area contributed by atoms with Crippen LogP contribution in [0, 0.1) is 0 Å². The fourth-order valence-corrected chi connectivity index (χ4v) is 2.61. The van der Waals surface area contributed by atoms with Gasteiger partial charge in [0.1, 0.15) is 5.75 Å². The molecule has 0 aliphatic carbocycles. The van der Waals surface area contributed by atoms with E-state index in [1.165, 1.54) is 0 Å². The van der Waals surface area contributed by atoms with Crippen molar-refractivity contribution in [1.29, 1.82) is 0 Å². The number of ether oxygens (including phenoxy) is 3. The van der Waals surface area contributed by atoms with E-state index in [1.807, 2.05) is 13.0 Å². The molecule has 0 bridgehead atoms. The number of amides is 1. The SMILES string of the molecule is CCCOc1ccccc1C(=O)Nc1nonc1-c1ccc(OC)c(OC)c1. The predicted molar refractivity (Wildman–Crippen MR) is 103 cm³/mol. The topological polar surface area (TPSA) is 95.7 Å². The molecule has 1 aromatic heterocycles. The molecule has 8 nitrogen and oxygen atoms in total. The summed E-state index contributed by atoms with van der Waals surface area (Å²) < 4.78 is 21.0. The largest absolute Gasteiger partial charge is 0.493 e. The Morgan fingerprint density at radius 3 is 2.57 bits per heavy atom. The van der Waals surface area contributed by atoms with Gasteiger partial charge in [-0.05, 0) is 47.1 Å². The van der Waals surface area contributed by atoms with Gasteiger partial charge >= 0.3 is 0 Å². The van der Waals surface area contributed by atoms with Crippen molar-refractivity contribution in [2.24, 2.45) is 0 Å². The number of nitrogens with one attached hydrogen (secondary N) is 1. The molecule has 3 rings (SSSR count). The molecule has 0 saturated heterocycles. The number of hydrogen-bond acceptors (Lipinski definition) is 7. The van der Waals surface area contributed by atoms with E-state index in [0.29, 0.717) is 40.7 Å². The zero-order chi connectivity index (χ0) is 19.9. The number of rotatable bonds is 8. The van der Waals surface area contributed by atoms with Crippen molar-refractivity contribution in [2.75, 3.05) is 26.1 Å². The van der Waals surface area contributed by atoms with Gasteiger partial charge in [-0.25, -0.2) is 4.63 Å². The first-order valence-corrected chi connectivity index (χ1v) is 8.76. The number of hydrogen-bond donors (Lipinski definition) is 1. The molecule has 28 heavy (non-hydrogen) atoms. The van der Waals surface area contributed by atoms with Gasteiger partial charge in [0.25, 0.3) is 5.91 Å². The smallest absolute Gasteiger partial charge is 0.260 e. The standard InChI is InChI=1S/C20H21N3O5/c1-4-11-27-15-8-6-5-7-14(15)20(24)21-19-18(22-28-23-19)13-9-10-16(25-2)17(12-13)26-3/h5-10,12H,4,11H2,1-3H3,(H,21,23,24). The van der Waals surface area contributed by atoms with Crippen LogP contribution in [0.15, 0.2) is 47.1 Å². The summed E-state index contributed by atoms with van der Waals surface area (Å²) in [7, 11) is 3.09. The molecule has 3 aromatic rings. The molecule has 146 valence electrons. The number of carbonyl (C=O) groups excluding carboxylic acids is 1. The molecule has 0 aliphatic heterocycles. The Bertz CT molecular complexity index is 955. The molecule has 0 saturated carbocycles. The first-order chi connectivity index (χ1) is 13.7. The fourth-order valence-electron chi connectivity index (χ4n) is 2.61. The minimum Gasteiger partial charge on any atom is -0.493 e. The van der Waals surface area contributed by atoms with Crippen molar-refractivity contribution in [3.63, 3.8) is 0 Å². The molecular weight excluding hydrogens is 362 g/mol. The second-order valence-corrected chi connectivity index (χ2v) is 5.83. The van der Waals surface area contributed by atoms with E-state index in [9.17, 15) is 4.79 Å². The number of carbonyl (C=O) groups is 1. The minimum absolute atomic E-state index is 0.197. The van der Waals surface area contributed by atoms with Gasteiger partial charge in [-0.2, -0.15) is 0 Å². The summed E-state index contributed by atoms with van der Waals surface area (Å²) in [6.45, 7) is 2.52. The van der Waals surface area contributed by atoms with Gasteiger partial charge in [0.15, 0.2) is 17.2 Å². The molecule has 0 aliphatic rings. The number of anilines is 1. The second kappa shape index (κ2) is 8.90. The maximum atomic E-state index is 12.8. The average molecular weight is 383 g/mol. The Kier molecular flexibility index (Phi) is 6.11. The molecule has 1 heterocycles. The lowest BCUT2D eigenvalue weighted by atomic mass is 10.1. The molecule has 8 heteroatoms. The van der Waals surface area contributed by atoms with Gasteiger partial charge in [0.2, 0.25) is 5.82 Å². The Labute approximate surface area is 162 Å². The highest BCUT2D eigenvalue weighted by Gasteiger charge is 2.19. The summed E-state index contributed by atoms with van der Waals surface area (Å²) in [5, 5.41) is 10.5. The van der Waals surface area contributed by atoms with Crippen LogP contribution >= 0.6 is 0 Å². The van der Waals surface area contributed by atoms with Crippen molar-refractivity contribution in [2.45, 2.75) is 13.3 Å². The molecule has 2 aromatic carbocycles. The molecule has 1 amide bonds. The van der Waals surface area contributed by atoms with Crippen molar-refractivity contribution in [1.82, 2.24) is 10.3 Å². The maximum absolute atomic E-state index is 12.8. The predicted octanol–water partition coefficient (Wildman–Crippen LogP) is 3.79. The second-order valence-electron chi connectivity index (χ2n) is 5.83. The summed E-state index contributed by atoms with van der Waals surface area (Å²) >= 11 is 0. The number of nitrogens with zero attached hydrogens (tertiary/aromatic N) is 2. The van der Waals surface area contributed by atoms with Gasteiger partial charge in [-0.3, -0.25) is 4.79 Å². The van der Waals surface area contributed by atoms with Crippen LogP contribution < -0.4 is 19.5 Å². The van der Waals surface area contributed by atoms with Crippen molar-refractivity contribution in [3.05, 3.63) is 48.0 Å². The summed E-state index contributed by atoms with van der Waals surface area (Å²) in [4.78, 5) is 12.8. The van der Waals surface area contributed by atoms with Crippen LogP contribution in [0.4, 0.5) is 5.82 Å². The monoisotopic (exact) mass is 383 g/mol. The molecule has 1 N–H and O–H groups in total. The minimum atomic E-state index is -0.371. The highest BCUT2D eigenvalue weighted by Crippen LogP contribution is 2.34. The summed E-state index contributed by atoms with van der Waals surface area (Å²) in [5.74, 6) is 1.44. The van der Waals surface area contributed by atoms with Crippen LogP contribution in [0.5, 0.6) is 17.2 Å². The maximum Gasteiger partial charge on any atom is 0.260 e. The summed E-state index contributed by atoms with van der Waals surface area (Å²) in [5.41, 5.74) is 1.43. The number of methoxy groups -OCH3 is 2. The van der Waals surface area contributed by atoms with E-state index in [1.54, 1.807) is 50.6 Å². The van der Waals surface area contributed by atoms with E-state index in [0.717, 1.165) is 6.42 Å². The van der Waals surface area contributed by atoms with Gasteiger partial charge in [0.05, 0.1) is 26.4 Å². The fraction of sp³-hybridized carbons (Fsp3) is 0.250. The number of para-hydroxylation sites is 1. The Morgan fingerprint density at radius 2 is 1.82 bits per heavy atom. The van der Waals surface area contributed by atoms with E-state index >= 15 is 0 Å². The third kappa shape index (κ3) is 4.06. The van der Waals surface area contributed by atoms with Crippen LogP contribution in [-0.4, -0.2) is 37.0 Å². The highest BCUT2D eigenvalue weighted by molar-refractivity contribution is 6.07. The average Bonchev–Trinajstić information content (AvgIpc) is 3.19. The van der Waals surface area contributed by atoms with Crippen molar-refractivity contribution >= 4 is 11.7 Å². The molecule has 0 fully saturated rings. The lowest BCUT2D eigenvalue weighted by molar-refractivity contribution is 0.102. The Morgan fingerprint density at radius 1 is 1.04 bits per heavy atom. The highest BCUT2D eigenvalue weighted by atomic mass is 16.6. The zero-order valence-corrected chi connectivity index (χ0v) is 15.9. The molecule has 0 radical (unpaired) electrons. The lowest BCUT2D eigenvalue weighted by Crippen LogP contribution is -2.14.